The SMILES string of the molecule is C/C=C1/NC(=O)[C@H]2CSSCC/C=C/[C@H](CC(=O)N[C@@H](C(C)C)C(=O)N2)OC(=O)[C@@H](C(C)C)NC1=O. The monoisotopic (exact) mass is 540 g/mol. The van der Waals surface area contributed by atoms with Crippen molar-refractivity contribution in [1.82, 2.24) is 21.3 Å². The minimum Gasteiger partial charge on any atom is -0.456 e. The van der Waals surface area contributed by atoms with Gasteiger partial charge in [-0.25, -0.2) is 4.79 Å². The second-order valence-corrected chi connectivity index (χ2v) is 11.9. The van der Waals surface area contributed by atoms with Gasteiger partial charge in [0.05, 0.1) is 6.42 Å². The van der Waals surface area contributed by atoms with Crippen molar-refractivity contribution in [2.45, 2.75) is 71.7 Å². The molecule has 2 rings (SSSR count). The van der Waals surface area contributed by atoms with Gasteiger partial charge in [-0.2, -0.15) is 0 Å². The van der Waals surface area contributed by atoms with Crippen LogP contribution in [-0.4, -0.2) is 65.3 Å². The first kappa shape index (κ1) is 29.8. The van der Waals surface area contributed by atoms with Gasteiger partial charge in [-0.3, -0.25) is 19.2 Å². The Bertz CT molecular complexity index is 905. The standard InChI is InChI=1S/C24H36N4O6S2/c1-6-16-21(30)28-20(14(4)5)24(33)34-15-9-7-8-10-35-36-12-17(22(31)25-16)26-23(32)19(13(2)3)27-18(29)11-15/h6-7,9,13-15,17,19-20H,8,10-12H2,1-5H3,(H,25,31)(H,26,32)(H,27,29)(H,28,30)/b9-7+,16-6+/t15-,17-,19+,20-/m1/s1. The van der Waals surface area contributed by atoms with Gasteiger partial charge in [0.1, 0.15) is 29.9 Å². The Morgan fingerprint density at radius 1 is 0.944 bits per heavy atom. The van der Waals surface area contributed by atoms with Gasteiger partial charge in [-0.1, -0.05) is 61.4 Å². The molecule has 4 atom stereocenters. The lowest BCUT2D eigenvalue weighted by Crippen LogP contribution is -2.57. The highest BCUT2D eigenvalue weighted by molar-refractivity contribution is 8.76. The molecule has 0 spiro atoms. The van der Waals surface area contributed by atoms with Gasteiger partial charge < -0.3 is 26.0 Å². The van der Waals surface area contributed by atoms with Crippen molar-refractivity contribution in [3.63, 3.8) is 0 Å². The van der Waals surface area contributed by atoms with Crippen LogP contribution in [0.25, 0.3) is 0 Å². The largest absolute Gasteiger partial charge is 0.456 e. The Balaban J connectivity index is 2.55. The zero-order valence-corrected chi connectivity index (χ0v) is 22.9. The highest BCUT2D eigenvalue weighted by Crippen LogP contribution is 2.24. The molecule has 10 nitrogen and oxygen atoms in total. The second-order valence-electron chi connectivity index (χ2n) is 9.24. The molecule has 0 unspecified atom stereocenters. The first-order valence-electron chi connectivity index (χ1n) is 12.0. The third-order valence-electron chi connectivity index (χ3n) is 5.59. The van der Waals surface area contributed by atoms with Crippen molar-refractivity contribution >= 4 is 51.2 Å². The van der Waals surface area contributed by atoms with E-state index in [0.717, 1.165) is 0 Å². The van der Waals surface area contributed by atoms with Crippen LogP contribution in [0.1, 0.15) is 47.5 Å². The third kappa shape index (κ3) is 8.88. The predicted molar refractivity (Wildman–Crippen MR) is 141 cm³/mol. The van der Waals surface area contributed by atoms with Crippen LogP contribution in [0.4, 0.5) is 0 Å². The number of rotatable bonds is 2. The summed E-state index contributed by atoms with van der Waals surface area (Å²) in [7, 11) is 2.95. The van der Waals surface area contributed by atoms with E-state index in [4.69, 9.17) is 4.74 Å². The van der Waals surface area contributed by atoms with E-state index in [2.05, 4.69) is 21.3 Å². The number of hydrogen-bond donors (Lipinski definition) is 4. The number of amides is 4. The zero-order valence-electron chi connectivity index (χ0n) is 21.3. The molecule has 36 heavy (non-hydrogen) atoms. The molecule has 4 N–H and O–H groups in total. The van der Waals surface area contributed by atoms with Crippen LogP contribution in [0.2, 0.25) is 0 Å². The Kier molecular flexibility index (Phi) is 11.8. The minimum atomic E-state index is -1.00. The summed E-state index contributed by atoms with van der Waals surface area (Å²) in [6.07, 6.45) is 4.51. The van der Waals surface area contributed by atoms with E-state index in [1.807, 2.05) is 6.08 Å². The average molecular weight is 541 g/mol. The van der Waals surface area contributed by atoms with E-state index in [9.17, 15) is 24.0 Å². The molecule has 0 radical (unpaired) electrons. The molecule has 0 aromatic rings. The van der Waals surface area contributed by atoms with Crippen LogP contribution in [0.15, 0.2) is 23.9 Å². The number of nitrogens with one attached hydrogen (secondary N) is 4. The maximum Gasteiger partial charge on any atom is 0.329 e. The fraction of sp³-hybridized carbons (Fsp3) is 0.625. The van der Waals surface area contributed by atoms with Gasteiger partial charge >= 0.3 is 5.97 Å². The molecule has 0 saturated carbocycles. The number of fused-ring (bicyclic) bond motifs is 7. The summed E-state index contributed by atoms with van der Waals surface area (Å²) >= 11 is 0. The van der Waals surface area contributed by atoms with E-state index in [1.165, 1.54) is 27.7 Å². The smallest absolute Gasteiger partial charge is 0.329 e. The normalized spacial score (nSPS) is 29.6. The number of carbonyl (C=O) groups is 5. The Labute approximate surface area is 220 Å². The molecule has 0 aliphatic carbocycles. The van der Waals surface area contributed by atoms with E-state index in [0.29, 0.717) is 12.2 Å². The first-order valence-corrected chi connectivity index (χ1v) is 14.5. The van der Waals surface area contributed by atoms with Crippen LogP contribution < -0.4 is 21.3 Å². The molecule has 2 aliphatic heterocycles. The highest BCUT2D eigenvalue weighted by atomic mass is 33.1. The molecule has 12 heteroatoms. The second kappa shape index (κ2) is 14.3. The summed E-state index contributed by atoms with van der Waals surface area (Å²) < 4.78 is 5.65. The van der Waals surface area contributed by atoms with Gasteiger partial charge in [-0.15, -0.1) is 0 Å². The summed E-state index contributed by atoms with van der Waals surface area (Å²) in [4.78, 5) is 65.2. The number of carbonyl (C=O) groups excluding carboxylic acids is 5. The van der Waals surface area contributed by atoms with E-state index in [-0.39, 0.29) is 29.7 Å². The molecular formula is C24H36N4O6S2. The maximum absolute atomic E-state index is 13.2. The molecule has 2 aliphatic rings. The fourth-order valence-electron chi connectivity index (χ4n) is 3.50. The first-order chi connectivity index (χ1) is 17.0. The summed E-state index contributed by atoms with van der Waals surface area (Å²) in [5, 5.41) is 10.7. The van der Waals surface area contributed by atoms with Crippen molar-refractivity contribution in [1.29, 1.82) is 0 Å². The fourth-order valence-corrected chi connectivity index (χ4v) is 5.66. The van der Waals surface area contributed by atoms with Crippen molar-refractivity contribution in [3.05, 3.63) is 23.9 Å². The molecular weight excluding hydrogens is 504 g/mol. The van der Waals surface area contributed by atoms with Crippen LogP contribution in [0.3, 0.4) is 0 Å². The predicted octanol–water partition coefficient (Wildman–Crippen LogP) is 1.43. The van der Waals surface area contributed by atoms with Crippen LogP contribution in [-0.2, 0) is 28.7 Å². The number of esters is 1. The molecule has 1 saturated heterocycles. The number of hydrogen-bond acceptors (Lipinski definition) is 8. The Morgan fingerprint density at radius 2 is 1.64 bits per heavy atom. The molecule has 1 fully saturated rings. The highest BCUT2D eigenvalue weighted by Gasteiger charge is 2.33. The van der Waals surface area contributed by atoms with Crippen LogP contribution in [0, 0.1) is 11.8 Å². The van der Waals surface area contributed by atoms with Crippen molar-refractivity contribution in [2.24, 2.45) is 11.8 Å². The minimum absolute atomic E-state index is 0.0445. The third-order valence-corrected chi connectivity index (χ3v) is 8.03. The Morgan fingerprint density at radius 3 is 2.28 bits per heavy atom. The lowest BCUT2D eigenvalue weighted by atomic mass is 10.0. The lowest BCUT2D eigenvalue weighted by molar-refractivity contribution is -0.153. The molecule has 2 heterocycles. The van der Waals surface area contributed by atoms with Gasteiger partial charge in [0.2, 0.25) is 17.7 Å². The van der Waals surface area contributed by atoms with E-state index >= 15 is 0 Å². The van der Waals surface area contributed by atoms with Gasteiger partial charge in [0, 0.05) is 11.5 Å². The lowest BCUT2D eigenvalue weighted by Gasteiger charge is -2.27. The van der Waals surface area contributed by atoms with Gasteiger partial charge in [0.15, 0.2) is 0 Å². The molecule has 2 bridgehead atoms. The van der Waals surface area contributed by atoms with Gasteiger partial charge in [-0.05, 0) is 31.3 Å². The number of allylic oxidation sites excluding steroid dienone is 2. The summed E-state index contributed by atoms with van der Waals surface area (Å²) in [5.41, 5.74) is -0.0445. The topological polar surface area (TPSA) is 143 Å². The summed E-state index contributed by atoms with van der Waals surface area (Å²) in [5.74, 6) is -2.54. The van der Waals surface area contributed by atoms with Crippen molar-refractivity contribution in [3.8, 4) is 0 Å². The summed E-state index contributed by atoms with van der Waals surface area (Å²) in [6.45, 7) is 8.66. The quantitative estimate of drug-likeness (QED) is 0.178. The molecule has 0 aromatic heterocycles. The Hall–Kier alpha value is -2.47. The van der Waals surface area contributed by atoms with E-state index in [1.54, 1.807) is 40.7 Å². The molecule has 4 amide bonds. The van der Waals surface area contributed by atoms with Crippen molar-refractivity contribution in [2.75, 3.05) is 11.5 Å². The maximum atomic E-state index is 13.2. The van der Waals surface area contributed by atoms with Crippen LogP contribution in [0.5, 0.6) is 0 Å². The van der Waals surface area contributed by atoms with Gasteiger partial charge in [0.25, 0.3) is 5.91 Å². The average Bonchev–Trinajstić information content (AvgIpc) is 2.81. The van der Waals surface area contributed by atoms with Crippen molar-refractivity contribution < 1.29 is 28.7 Å². The zero-order chi connectivity index (χ0) is 26.8. The molecule has 200 valence electrons. The number of ether oxygens (including phenoxy) is 1. The van der Waals surface area contributed by atoms with E-state index < -0.39 is 53.8 Å². The van der Waals surface area contributed by atoms with Crippen LogP contribution >= 0.6 is 21.6 Å². The molecule has 0 aromatic carbocycles. The summed E-state index contributed by atoms with van der Waals surface area (Å²) in [6, 6.07) is -2.86.